The second kappa shape index (κ2) is 5.89. The lowest BCUT2D eigenvalue weighted by molar-refractivity contribution is 0.0693. The lowest BCUT2D eigenvalue weighted by Gasteiger charge is -2.18. The van der Waals surface area contributed by atoms with E-state index in [1.165, 1.54) is 0 Å². The van der Waals surface area contributed by atoms with Crippen molar-refractivity contribution < 1.29 is 15.0 Å². The van der Waals surface area contributed by atoms with Gasteiger partial charge in [-0.2, -0.15) is 0 Å². The van der Waals surface area contributed by atoms with E-state index in [1.807, 2.05) is 19.9 Å². The maximum absolute atomic E-state index is 11.2. The molecule has 0 aromatic heterocycles. The van der Waals surface area contributed by atoms with Crippen LogP contribution in [0.5, 0.6) is 5.75 Å². The molecule has 0 aliphatic rings. The Kier molecular flexibility index (Phi) is 4.76. The Hall–Kier alpha value is -1.51. The van der Waals surface area contributed by atoms with E-state index in [2.05, 4.69) is 13.8 Å². The Labute approximate surface area is 108 Å². The van der Waals surface area contributed by atoms with E-state index in [4.69, 9.17) is 5.11 Å². The molecular weight excluding hydrogens is 228 g/mol. The molecule has 18 heavy (non-hydrogen) atoms. The summed E-state index contributed by atoms with van der Waals surface area (Å²) in [7, 11) is 0. The Balaban J connectivity index is 3.41. The Morgan fingerprint density at radius 3 is 2.17 bits per heavy atom. The second-order valence-corrected chi connectivity index (χ2v) is 4.93. The van der Waals surface area contributed by atoms with Gasteiger partial charge in [0.25, 0.3) is 0 Å². The Bertz CT molecular complexity index is 438. The van der Waals surface area contributed by atoms with Gasteiger partial charge in [0, 0.05) is 0 Å². The number of aromatic carboxylic acids is 1. The van der Waals surface area contributed by atoms with Crippen molar-refractivity contribution >= 4 is 5.97 Å². The number of carbonyl (C=O) groups is 1. The number of rotatable bonds is 5. The number of benzene rings is 1. The van der Waals surface area contributed by atoms with Gasteiger partial charge < -0.3 is 10.2 Å². The summed E-state index contributed by atoms with van der Waals surface area (Å²) in [5.41, 5.74) is 1.75. The van der Waals surface area contributed by atoms with Crippen LogP contribution in [0.1, 0.15) is 73.9 Å². The van der Waals surface area contributed by atoms with E-state index in [0.29, 0.717) is 5.92 Å². The van der Waals surface area contributed by atoms with Gasteiger partial charge in [-0.15, -0.1) is 0 Å². The Morgan fingerprint density at radius 1 is 1.17 bits per heavy atom. The van der Waals surface area contributed by atoms with Crippen LogP contribution in [-0.4, -0.2) is 16.2 Å². The topological polar surface area (TPSA) is 57.5 Å². The fourth-order valence-electron chi connectivity index (χ4n) is 1.96. The van der Waals surface area contributed by atoms with Crippen LogP contribution in [0.3, 0.4) is 0 Å². The first-order valence-corrected chi connectivity index (χ1v) is 6.52. The number of hydrogen-bond donors (Lipinski definition) is 2. The van der Waals surface area contributed by atoms with Gasteiger partial charge in [0.15, 0.2) is 0 Å². The van der Waals surface area contributed by atoms with Gasteiger partial charge in [0.1, 0.15) is 11.3 Å². The molecule has 0 fully saturated rings. The third-order valence-electron chi connectivity index (χ3n) is 3.72. The van der Waals surface area contributed by atoms with Crippen molar-refractivity contribution in [2.75, 3.05) is 0 Å². The third kappa shape index (κ3) is 2.84. The zero-order chi connectivity index (χ0) is 13.9. The molecule has 0 saturated carbocycles. The van der Waals surface area contributed by atoms with Crippen LogP contribution in [0.25, 0.3) is 0 Å². The van der Waals surface area contributed by atoms with Crippen LogP contribution in [-0.2, 0) is 0 Å². The van der Waals surface area contributed by atoms with Gasteiger partial charge in [0.2, 0.25) is 0 Å². The van der Waals surface area contributed by atoms with E-state index in [1.54, 1.807) is 6.07 Å². The number of phenols is 1. The molecule has 0 aliphatic heterocycles. The molecule has 100 valence electrons. The Morgan fingerprint density at radius 2 is 1.72 bits per heavy atom. The van der Waals surface area contributed by atoms with Gasteiger partial charge in [-0.25, -0.2) is 4.79 Å². The summed E-state index contributed by atoms with van der Waals surface area (Å²) in [5.74, 6) is -0.690. The van der Waals surface area contributed by atoms with Crippen LogP contribution in [0, 0.1) is 0 Å². The van der Waals surface area contributed by atoms with E-state index in [-0.39, 0.29) is 17.2 Å². The highest BCUT2D eigenvalue weighted by Gasteiger charge is 2.19. The molecule has 0 spiro atoms. The molecule has 1 aromatic carbocycles. The number of aromatic hydroxyl groups is 1. The third-order valence-corrected chi connectivity index (χ3v) is 3.72. The smallest absolute Gasteiger partial charge is 0.339 e. The molecule has 3 nitrogen and oxygen atoms in total. The molecule has 3 heteroatoms. The number of carboxylic acids is 1. The van der Waals surface area contributed by atoms with E-state index < -0.39 is 5.97 Å². The van der Waals surface area contributed by atoms with Gasteiger partial charge in [-0.3, -0.25) is 0 Å². The molecule has 0 amide bonds. The molecule has 2 atom stereocenters. The van der Waals surface area contributed by atoms with E-state index in [9.17, 15) is 9.90 Å². The highest BCUT2D eigenvalue weighted by molar-refractivity contribution is 5.91. The van der Waals surface area contributed by atoms with Crippen LogP contribution in [0.4, 0.5) is 0 Å². The zero-order valence-electron chi connectivity index (χ0n) is 11.5. The fourth-order valence-corrected chi connectivity index (χ4v) is 1.96. The van der Waals surface area contributed by atoms with Crippen molar-refractivity contribution in [2.45, 2.75) is 52.4 Å². The van der Waals surface area contributed by atoms with E-state index >= 15 is 0 Å². The van der Waals surface area contributed by atoms with Crippen molar-refractivity contribution in [2.24, 2.45) is 0 Å². The monoisotopic (exact) mass is 250 g/mol. The molecule has 2 unspecified atom stereocenters. The highest BCUT2D eigenvalue weighted by Crippen LogP contribution is 2.35. The maximum Gasteiger partial charge on any atom is 0.339 e. The summed E-state index contributed by atoms with van der Waals surface area (Å²) in [5, 5.41) is 19.2. The maximum atomic E-state index is 11.2. The molecular formula is C15H22O3. The van der Waals surface area contributed by atoms with E-state index in [0.717, 1.165) is 24.0 Å². The molecule has 2 N–H and O–H groups in total. The normalized spacial score (nSPS) is 14.2. The largest absolute Gasteiger partial charge is 0.507 e. The number of hydrogen-bond acceptors (Lipinski definition) is 2. The SMILES string of the molecule is CCC(C)c1cc(C(=O)O)c(O)c(C(C)CC)c1. The molecule has 0 saturated heterocycles. The summed E-state index contributed by atoms with van der Waals surface area (Å²) in [6.45, 7) is 8.17. The predicted octanol–water partition coefficient (Wildman–Crippen LogP) is 4.12. The minimum Gasteiger partial charge on any atom is -0.507 e. The molecule has 0 bridgehead atoms. The average Bonchev–Trinajstić information content (AvgIpc) is 2.36. The predicted molar refractivity (Wildman–Crippen MR) is 72.5 cm³/mol. The van der Waals surface area contributed by atoms with Crippen LogP contribution >= 0.6 is 0 Å². The molecule has 1 aromatic rings. The molecule has 1 rings (SSSR count). The standard InChI is InChI=1S/C15H22O3/c1-5-9(3)11-7-12(10(4)6-2)14(16)13(8-11)15(17)18/h7-10,16H,5-6H2,1-4H3,(H,17,18). The van der Waals surface area contributed by atoms with Crippen LogP contribution in [0.15, 0.2) is 12.1 Å². The van der Waals surface area contributed by atoms with Crippen molar-refractivity contribution in [3.8, 4) is 5.75 Å². The highest BCUT2D eigenvalue weighted by atomic mass is 16.4. The summed E-state index contributed by atoms with van der Waals surface area (Å²) in [6.07, 6.45) is 1.82. The van der Waals surface area contributed by atoms with Gasteiger partial charge >= 0.3 is 5.97 Å². The fraction of sp³-hybridized carbons (Fsp3) is 0.533. The summed E-state index contributed by atoms with van der Waals surface area (Å²) >= 11 is 0. The van der Waals surface area contributed by atoms with Crippen molar-refractivity contribution in [1.82, 2.24) is 0 Å². The summed E-state index contributed by atoms with van der Waals surface area (Å²) in [4.78, 5) is 11.2. The van der Waals surface area contributed by atoms with Gasteiger partial charge in [0.05, 0.1) is 0 Å². The lowest BCUT2D eigenvalue weighted by Crippen LogP contribution is -2.05. The second-order valence-electron chi connectivity index (χ2n) is 4.93. The van der Waals surface area contributed by atoms with Crippen molar-refractivity contribution in [3.05, 3.63) is 28.8 Å². The van der Waals surface area contributed by atoms with Crippen LogP contribution < -0.4 is 0 Å². The van der Waals surface area contributed by atoms with Gasteiger partial charge in [-0.1, -0.05) is 33.8 Å². The van der Waals surface area contributed by atoms with Crippen molar-refractivity contribution in [3.63, 3.8) is 0 Å². The van der Waals surface area contributed by atoms with Crippen molar-refractivity contribution in [1.29, 1.82) is 0 Å². The number of carboxylic acid groups (broad SMARTS) is 1. The quantitative estimate of drug-likeness (QED) is 0.826. The minimum absolute atomic E-state index is 0.0168. The molecule has 0 radical (unpaired) electrons. The lowest BCUT2D eigenvalue weighted by atomic mass is 9.88. The average molecular weight is 250 g/mol. The zero-order valence-corrected chi connectivity index (χ0v) is 11.5. The molecule has 0 heterocycles. The van der Waals surface area contributed by atoms with Gasteiger partial charge in [-0.05, 0) is 41.9 Å². The minimum atomic E-state index is -1.07. The first-order valence-electron chi connectivity index (χ1n) is 6.52. The first-order chi connectivity index (χ1) is 8.42. The van der Waals surface area contributed by atoms with Crippen LogP contribution in [0.2, 0.25) is 0 Å². The summed E-state index contributed by atoms with van der Waals surface area (Å²) in [6, 6.07) is 3.54. The summed E-state index contributed by atoms with van der Waals surface area (Å²) < 4.78 is 0. The molecule has 0 aliphatic carbocycles. The first kappa shape index (κ1) is 14.6.